The molecule has 2 aromatic carbocycles. The second kappa shape index (κ2) is 9.13. The Bertz CT molecular complexity index is 1050. The summed E-state index contributed by atoms with van der Waals surface area (Å²) in [5.74, 6) is -0.294. The quantitative estimate of drug-likeness (QED) is 0.670. The highest BCUT2D eigenvalue weighted by Crippen LogP contribution is 2.35. The molecule has 2 heterocycles. The average Bonchev–Trinajstić information content (AvgIpc) is 2.80. The number of primary amides is 1. The zero-order valence-electron chi connectivity index (χ0n) is 17.5. The van der Waals surface area contributed by atoms with E-state index in [4.69, 9.17) is 5.73 Å². The molecule has 1 aliphatic rings. The summed E-state index contributed by atoms with van der Waals surface area (Å²) in [6.07, 6.45) is 5.89. The lowest BCUT2D eigenvalue weighted by atomic mass is 9.74. The number of carbonyl (C=O) groups is 2. The van der Waals surface area contributed by atoms with Crippen molar-refractivity contribution in [3.05, 3.63) is 90.3 Å². The minimum atomic E-state index is -0.752. The number of nitrogens with zero attached hydrogens (tertiary/aromatic N) is 2. The Morgan fingerprint density at radius 3 is 2.48 bits per heavy atom. The number of amides is 2. The SMILES string of the molecule is NC(=O)C1(Cc2cccc(-c3cccnc3)c2)CCCN(C(=O)Cc2ccccc2)C1. The largest absolute Gasteiger partial charge is 0.369 e. The van der Waals surface area contributed by atoms with E-state index >= 15 is 0 Å². The molecule has 1 saturated heterocycles. The van der Waals surface area contributed by atoms with Gasteiger partial charge < -0.3 is 10.6 Å². The summed E-state index contributed by atoms with van der Waals surface area (Å²) in [7, 11) is 0. The van der Waals surface area contributed by atoms with Crippen molar-refractivity contribution in [3.8, 4) is 11.1 Å². The first kappa shape index (κ1) is 20.8. The maximum absolute atomic E-state index is 12.9. The number of hydrogen-bond acceptors (Lipinski definition) is 3. The fourth-order valence-corrected chi connectivity index (χ4v) is 4.44. The van der Waals surface area contributed by atoms with Crippen LogP contribution in [0.25, 0.3) is 11.1 Å². The lowest BCUT2D eigenvalue weighted by Gasteiger charge is -2.41. The lowest BCUT2D eigenvalue weighted by molar-refractivity contribution is -0.139. The Kier molecular flexibility index (Phi) is 6.12. The Balaban J connectivity index is 1.53. The first-order chi connectivity index (χ1) is 15.1. The molecular formula is C26H27N3O2. The maximum Gasteiger partial charge on any atom is 0.227 e. The van der Waals surface area contributed by atoms with Gasteiger partial charge in [-0.05, 0) is 47.6 Å². The van der Waals surface area contributed by atoms with Crippen LogP contribution in [0.2, 0.25) is 0 Å². The Morgan fingerprint density at radius 1 is 0.968 bits per heavy atom. The van der Waals surface area contributed by atoms with Crippen LogP contribution in [-0.2, 0) is 22.4 Å². The monoisotopic (exact) mass is 413 g/mol. The van der Waals surface area contributed by atoms with Crippen molar-refractivity contribution in [2.75, 3.05) is 13.1 Å². The third-order valence-electron chi connectivity index (χ3n) is 6.11. The number of hydrogen-bond donors (Lipinski definition) is 1. The lowest BCUT2D eigenvalue weighted by Crippen LogP contribution is -2.53. The van der Waals surface area contributed by atoms with Gasteiger partial charge in [-0.15, -0.1) is 0 Å². The highest BCUT2D eigenvalue weighted by Gasteiger charge is 2.42. The molecule has 1 unspecified atom stereocenters. The van der Waals surface area contributed by atoms with E-state index in [1.54, 1.807) is 6.20 Å². The minimum absolute atomic E-state index is 0.0423. The molecule has 0 spiro atoms. The highest BCUT2D eigenvalue weighted by molar-refractivity contribution is 5.84. The standard InChI is InChI=1S/C26H27N3O2/c27-25(31)26(17-21-9-4-10-22(15-21)23-11-5-13-28-18-23)12-6-14-29(19-26)24(30)16-20-7-2-1-3-8-20/h1-5,7-11,13,15,18H,6,12,14,16-17,19H2,(H2,27,31). The average molecular weight is 414 g/mol. The molecule has 1 aromatic heterocycles. The summed E-state index contributed by atoms with van der Waals surface area (Å²) in [6.45, 7) is 1.03. The molecule has 0 radical (unpaired) electrons. The van der Waals surface area contributed by atoms with Crippen LogP contribution in [0.15, 0.2) is 79.1 Å². The Hall–Kier alpha value is -3.47. The molecule has 3 aromatic rings. The van der Waals surface area contributed by atoms with Crippen molar-refractivity contribution in [1.29, 1.82) is 0 Å². The van der Waals surface area contributed by atoms with Crippen molar-refractivity contribution in [1.82, 2.24) is 9.88 Å². The van der Waals surface area contributed by atoms with Crippen LogP contribution in [0.5, 0.6) is 0 Å². The van der Waals surface area contributed by atoms with Gasteiger partial charge in [-0.25, -0.2) is 0 Å². The van der Waals surface area contributed by atoms with Gasteiger partial charge in [0, 0.05) is 25.5 Å². The first-order valence-electron chi connectivity index (χ1n) is 10.7. The van der Waals surface area contributed by atoms with E-state index in [0.29, 0.717) is 32.4 Å². The van der Waals surface area contributed by atoms with Gasteiger partial charge in [-0.1, -0.05) is 60.7 Å². The molecule has 0 saturated carbocycles. The molecule has 0 bridgehead atoms. The van der Waals surface area contributed by atoms with E-state index < -0.39 is 5.41 Å². The summed E-state index contributed by atoms with van der Waals surface area (Å²) in [5, 5.41) is 0. The number of pyridine rings is 1. The predicted octanol–water partition coefficient (Wildman–Crippen LogP) is 3.63. The van der Waals surface area contributed by atoms with Gasteiger partial charge in [0.15, 0.2) is 0 Å². The van der Waals surface area contributed by atoms with Crippen molar-refractivity contribution in [2.45, 2.75) is 25.7 Å². The van der Waals surface area contributed by atoms with Gasteiger partial charge in [0.05, 0.1) is 11.8 Å². The summed E-state index contributed by atoms with van der Waals surface area (Å²) < 4.78 is 0. The summed E-state index contributed by atoms with van der Waals surface area (Å²) in [4.78, 5) is 31.6. The van der Waals surface area contributed by atoms with E-state index in [9.17, 15) is 9.59 Å². The number of rotatable bonds is 6. The fourth-order valence-electron chi connectivity index (χ4n) is 4.44. The van der Waals surface area contributed by atoms with Crippen LogP contribution in [-0.4, -0.2) is 34.8 Å². The molecule has 0 aliphatic carbocycles. The van der Waals surface area contributed by atoms with Gasteiger partial charge in [-0.3, -0.25) is 14.6 Å². The molecule has 1 fully saturated rings. The Morgan fingerprint density at radius 2 is 1.74 bits per heavy atom. The summed E-state index contributed by atoms with van der Waals surface area (Å²) in [5.41, 5.74) is 9.28. The molecule has 31 heavy (non-hydrogen) atoms. The second-order valence-corrected chi connectivity index (χ2v) is 8.34. The first-order valence-corrected chi connectivity index (χ1v) is 10.7. The number of benzene rings is 2. The van der Waals surface area contributed by atoms with Gasteiger partial charge in [0.1, 0.15) is 0 Å². The van der Waals surface area contributed by atoms with E-state index in [2.05, 4.69) is 11.1 Å². The molecule has 4 rings (SSSR count). The summed E-state index contributed by atoms with van der Waals surface area (Å²) >= 11 is 0. The normalized spacial score (nSPS) is 18.5. The maximum atomic E-state index is 12.9. The van der Waals surface area contributed by atoms with Crippen molar-refractivity contribution < 1.29 is 9.59 Å². The van der Waals surface area contributed by atoms with Crippen molar-refractivity contribution in [2.24, 2.45) is 11.1 Å². The highest BCUT2D eigenvalue weighted by atomic mass is 16.2. The molecule has 5 nitrogen and oxygen atoms in total. The van der Waals surface area contributed by atoms with E-state index in [1.807, 2.05) is 71.8 Å². The molecule has 158 valence electrons. The summed E-state index contributed by atoms with van der Waals surface area (Å²) in [6, 6.07) is 21.8. The fraction of sp³-hybridized carbons (Fsp3) is 0.269. The minimum Gasteiger partial charge on any atom is -0.369 e. The number of piperidine rings is 1. The number of nitrogens with two attached hydrogens (primary N) is 1. The van der Waals surface area contributed by atoms with Gasteiger partial charge in [0.25, 0.3) is 0 Å². The third kappa shape index (κ3) is 4.82. The van der Waals surface area contributed by atoms with Crippen LogP contribution in [0.1, 0.15) is 24.0 Å². The number of aromatic nitrogens is 1. The van der Waals surface area contributed by atoms with Crippen LogP contribution in [0.3, 0.4) is 0 Å². The Labute approximate surface area is 182 Å². The molecule has 2 N–H and O–H groups in total. The van der Waals surface area contributed by atoms with Gasteiger partial charge >= 0.3 is 0 Å². The zero-order chi connectivity index (χ0) is 21.7. The number of likely N-dealkylation sites (tertiary alicyclic amines) is 1. The van der Waals surface area contributed by atoms with Crippen molar-refractivity contribution in [3.63, 3.8) is 0 Å². The molecular weight excluding hydrogens is 386 g/mol. The van der Waals surface area contributed by atoms with E-state index in [1.165, 1.54) is 0 Å². The molecule has 5 heteroatoms. The molecule has 1 atom stereocenters. The van der Waals surface area contributed by atoms with E-state index in [-0.39, 0.29) is 11.8 Å². The smallest absolute Gasteiger partial charge is 0.227 e. The predicted molar refractivity (Wildman–Crippen MR) is 121 cm³/mol. The van der Waals surface area contributed by atoms with E-state index in [0.717, 1.165) is 28.7 Å². The topological polar surface area (TPSA) is 76.3 Å². The van der Waals surface area contributed by atoms with Crippen LogP contribution in [0, 0.1) is 5.41 Å². The second-order valence-electron chi connectivity index (χ2n) is 8.34. The number of carbonyl (C=O) groups excluding carboxylic acids is 2. The zero-order valence-corrected chi connectivity index (χ0v) is 17.5. The molecule has 2 amide bonds. The van der Waals surface area contributed by atoms with Gasteiger partial charge in [0.2, 0.25) is 11.8 Å². The van der Waals surface area contributed by atoms with Crippen LogP contribution < -0.4 is 5.73 Å². The van der Waals surface area contributed by atoms with Crippen LogP contribution >= 0.6 is 0 Å². The third-order valence-corrected chi connectivity index (χ3v) is 6.11. The van der Waals surface area contributed by atoms with Crippen molar-refractivity contribution >= 4 is 11.8 Å². The van der Waals surface area contributed by atoms with Gasteiger partial charge in [-0.2, -0.15) is 0 Å². The molecule has 1 aliphatic heterocycles. The van der Waals surface area contributed by atoms with Crippen LogP contribution in [0.4, 0.5) is 0 Å².